The lowest BCUT2D eigenvalue weighted by Gasteiger charge is -2.31. The van der Waals surface area contributed by atoms with E-state index < -0.39 is 0 Å². The number of Topliss-reactive ketones (excluding diaryl/α,β-unsaturated/α-hetero) is 1. The van der Waals surface area contributed by atoms with Gasteiger partial charge in [-0.1, -0.05) is 12.1 Å². The van der Waals surface area contributed by atoms with Gasteiger partial charge in [0.05, 0.1) is 38.3 Å². The van der Waals surface area contributed by atoms with Crippen molar-refractivity contribution in [3.63, 3.8) is 0 Å². The van der Waals surface area contributed by atoms with Crippen LogP contribution in [0.5, 0.6) is 0 Å². The number of hydrogen-bond acceptors (Lipinski definition) is 3. The lowest BCUT2D eigenvalue weighted by atomic mass is 10.0. The number of quaternary nitrogens is 1. The van der Waals surface area contributed by atoms with Crippen molar-refractivity contribution in [1.82, 2.24) is 9.88 Å². The summed E-state index contributed by atoms with van der Waals surface area (Å²) in [7, 11) is 0. The number of ketones is 1. The van der Waals surface area contributed by atoms with E-state index in [4.69, 9.17) is 4.74 Å². The van der Waals surface area contributed by atoms with E-state index in [1.807, 2.05) is 32.9 Å². The second kappa shape index (κ2) is 7.27. The molecule has 2 N–H and O–H groups in total. The summed E-state index contributed by atoms with van der Waals surface area (Å²) in [6, 6.07) is 6.14. The van der Waals surface area contributed by atoms with E-state index >= 15 is 0 Å². The van der Waals surface area contributed by atoms with Gasteiger partial charge in [-0.05, 0) is 32.4 Å². The van der Waals surface area contributed by atoms with E-state index in [1.165, 1.54) is 10.5 Å². The highest BCUT2D eigenvalue weighted by Gasteiger charge is 2.27. The van der Waals surface area contributed by atoms with Gasteiger partial charge < -0.3 is 14.6 Å². The summed E-state index contributed by atoms with van der Waals surface area (Å²) in [6.07, 6.45) is -0.254. The highest BCUT2D eigenvalue weighted by molar-refractivity contribution is 6.09. The number of piperazine rings is 1. The Hall–Kier alpha value is -2.34. The lowest BCUT2D eigenvalue weighted by molar-refractivity contribution is -0.895. The molecule has 3 rings (SSSR count). The molecular weight excluding hydrogens is 318 g/mol. The van der Waals surface area contributed by atoms with E-state index in [-0.39, 0.29) is 11.9 Å². The average Bonchev–Trinajstić information content (AvgIpc) is 2.90. The molecule has 0 radical (unpaired) electrons. The molecule has 6 heteroatoms. The van der Waals surface area contributed by atoms with Gasteiger partial charge in [0.15, 0.2) is 0 Å². The second-order valence-electron chi connectivity index (χ2n) is 6.71. The third-order valence-electron chi connectivity index (χ3n) is 4.83. The molecule has 1 aromatic heterocycles. The molecule has 2 heterocycles. The van der Waals surface area contributed by atoms with Crippen LogP contribution >= 0.6 is 0 Å². The normalized spacial score (nSPS) is 15.6. The monoisotopic (exact) mass is 344 g/mol. The average molecular weight is 344 g/mol. The van der Waals surface area contributed by atoms with Gasteiger partial charge in [0.25, 0.3) is 0 Å². The Labute approximate surface area is 147 Å². The van der Waals surface area contributed by atoms with E-state index in [2.05, 4.69) is 11.1 Å². The second-order valence-corrected chi connectivity index (χ2v) is 6.71. The molecule has 1 aromatic carbocycles. The Balaban J connectivity index is 1.66. The zero-order valence-electron chi connectivity index (χ0n) is 15.1. The molecule has 0 saturated carbocycles. The summed E-state index contributed by atoms with van der Waals surface area (Å²) in [5.41, 5.74) is 3.92. The largest absolute Gasteiger partial charge is 0.450 e. The van der Waals surface area contributed by atoms with Gasteiger partial charge in [-0.15, -0.1) is 0 Å². The quantitative estimate of drug-likeness (QED) is 0.822. The minimum atomic E-state index is -0.254. The number of aryl methyl sites for hydroxylation is 2. The number of nitrogens with zero attached hydrogens (tertiary/aromatic N) is 1. The van der Waals surface area contributed by atoms with Gasteiger partial charge in [-0.2, -0.15) is 0 Å². The zero-order chi connectivity index (χ0) is 18.0. The van der Waals surface area contributed by atoms with Gasteiger partial charge in [-0.25, -0.2) is 4.79 Å². The molecule has 25 heavy (non-hydrogen) atoms. The number of carbonyl (C=O) groups is 2. The van der Waals surface area contributed by atoms with Crippen LogP contribution in [0.3, 0.4) is 0 Å². The van der Waals surface area contributed by atoms with Gasteiger partial charge in [0, 0.05) is 16.6 Å². The van der Waals surface area contributed by atoms with Crippen LogP contribution in [0.2, 0.25) is 0 Å². The number of nitrogens with one attached hydrogen (secondary N) is 2. The van der Waals surface area contributed by atoms with Crippen molar-refractivity contribution >= 4 is 22.8 Å². The lowest BCUT2D eigenvalue weighted by Crippen LogP contribution is -3.15. The fourth-order valence-corrected chi connectivity index (χ4v) is 3.52. The Bertz CT molecular complexity index is 789. The molecular formula is C19H26N3O3+. The van der Waals surface area contributed by atoms with E-state index in [0.29, 0.717) is 26.2 Å². The molecule has 0 bridgehead atoms. The molecule has 0 spiro atoms. The first-order valence-electron chi connectivity index (χ1n) is 8.87. The summed E-state index contributed by atoms with van der Waals surface area (Å²) >= 11 is 0. The van der Waals surface area contributed by atoms with Gasteiger partial charge >= 0.3 is 6.09 Å². The van der Waals surface area contributed by atoms with Crippen LogP contribution in [0, 0.1) is 13.8 Å². The van der Waals surface area contributed by atoms with Crippen molar-refractivity contribution in [1.29, 1.82) is 0 Å². The summed E-state index contributed by atoms with van der Waals surface area (Å²) in [5, 5.41) is 0.998. The summed E-state index contributed by atoms with van der Waals surface area (Å²) in [4.78, 5) is 30.9. The molecule has 134 valence electrons. The molecule has 0 unspecified atom stereocenters. The summed E-state index contributed by atoms with van der Waals surface area (Å²) in [5.74, 6) is 0.159. The first-order chi connectivity index (χ1) is 12.0. The van der Waals surface area contributed by atoms with Gasteiger partial charge in [-0.3, -0.25) is 9.69 Å². The van der Waals surface area contributed by atoms with Gasteiger partial charge in [0.1, 0.15) is 6.54 Å². The number of rotatable bonds is 4. The number of carbonyl (C=O) groups excluding carboxylic acids is 2. The number of aromatic amines is 1. The summed E-state index contributed by atoms with van der Waals surface area (Å²) in [6.45, 7) is 9.46. The highest BCUT2D eigenvalue weighted by atomic mass is 16.6. The van der Waals surface area contributed by atoms with Crippen molar-refractivity contribution in [2.24, 2.45) is 0 Å². The number of benzene rings is 1. The third-order valence-corrected chi connectivity index (χ3v) is 4.83. The van der Waals surface area contributed by atoms with Crippen molar-refractivity contribution < 1.29 is 19.2 Å². The minimum absolute atomic E-state index is 0.159. The predicted octanol–water partition coefficient (Wildman–Crippen LogP) is 1.32. The molecule has 1 aliphatic heterocycles. The molecule has 2 aromatic rings. The summed E-state index contributed by atoms with van der Waals surface area (Å²) < 4.78 is 5.04. The maximum Gasteiger partial charge on any atom is 0.410 e. The fraction of sp³-hybridized carbons (Fsp3) is 0.474. The maximum atomic E-state index is 12.9. The Morgan fingerprint density at radius 2 is 1.96 bits per heavy atom. The first kappa shape index (κ1) is 17.5. The number of fused-ring (bicyclic) bond motifs is 1. The maximum absolute atomic E-state index is 12.9. The Kier molecular flexibility index (Phi) is 5.08. The third kappa shape index (κ3) is 3.69. The van der Waals surface area contributed by atoms with Crippen molar-refractivity contribution in [2.75, 3.05) is 39.3 Å². The van der Waals surface area contributed by atoms with Crippen molar-refractivity contribution in [3.05, 3.63) is 35.0 Å². The smallest absolute Gasteiger partial charge is 0.410 e. The SMILES string of the molecule is CCOC(=O)N1CC[NH+](CC(=O)c2c(C)[nH]c3cc(C)ccc23)CC1. The number of H-pyrrole nitrogens is 1. The highest BCUT2D eigenvalue weighted by Crippen LogP contribution is 2.23. The van der Waals surface area contributed by atoms with E-state index in [9.17, 15) is 9.59 Å². The topological polar surface area (TPSA) is 66.8 Å². The standard InChI is InChI=1S/C19H25N3O3/c1-4-25-19(24)22-9-7-21(8-10-22)12-17(23)18-14(3)20-16-11-13(2)5-6-15(16)18/h5-6,11,20H,4,7-10,12H2,1-3H3/p+1. The van der Waals surface area contributed by atoms with Crippen LogP contribution in [-0.2, 0) is 4.74 Å². The van der Waals surface area contributed by atoms with Crippen LogP contribution in [0.15, 0.2) is 18.2 Å². The molecule has 1 fully saturated rings. The first-order valence-corrected chi connectivity index (χ1v) is 8.87. The zero-order valence-corrected chi connectivity index (χ0v) is 15.1. The van der Waals surface area contributed by atoms with E-state index in [0.717, 1.165) is 35.2 Å². The van der Waals surface area contributed by atoms with E-state index in [1.54, 1.807) is 4.90 Å². The Morgan fingerprint density at radius 3 is 2.64 bits per heavy atom. The number of amides is 1. The van der Waals surface area contributed by atoms with Gasteiger partial charge in [0.2, 0.25) is 5.78 Å². The number of ether oxygens (including phenoxy) is 1. The molecule has 0 atom stereocenters. The van der Waals surface area contributed by atoms with Crippen LogP contribution in [0.1, 0.15) is 28.5 Å². The van der Waals surface area contributed by atoms with Crippen molar-refractivity contribution in [2.45, 2.75) is 20.8 Å². The molecule has 6 nitrogen and oxygen atoms in total. The minimum Gasteiger partial charge on any atom is -0.450 e. The van der Waals surface area contributed by atoms with Crippen LogP contribution in [0.25, 0.3) is 10.9 Å². The Morgan fingerprint density at radius 1 is 1.24 bits per heavy atom. The molecule has 1 saturated heterocycles. The van der Waals surface area contributed by atoms with Crippen LogP contribution in [-0.4, -0.2) is 61.1 Å². The fourth-order valence-electron chi connectivity index (χ4n) is 3.52. The van der Waals surface area contributed by atoms with Crippen LogP contribution < -0.4 is 4.90 Å². The van der Waals surface area contributed by atoms with Crippen LogP contribution in [0.4, 0.5) is 4.79 Å². The molecule has 1 aliphatic rings. The molecule has 0 aliphatic carbocycles. The van der Waals surface area contributed by atoms with Crippen molar-refractivity contribution in [3.8, 4) is 0 Å². The number of hydrogen-bond donors (Lipinski definition) is 2. The molecule has 1 amide bonds. The number of aromatic nitrogens is 1. The predicted molar refractivity (Wildman–Crippen MR) is 96.3 cm³/mol.